The van der Waals surface area contributed by atoms with Gasteiger partial charge in [0.2, 0.25) is 0 Å². The maximum absolute atomic E-state index is 12.0. The molecule has 0 saturated carbocycles. The van der Waals surface area contributed by atoms with Crippen LogP contribution in [0.5, 0.6) is 0 Å². The van der Waals surface area contributed by atoms with Crippen LogP contribution in [0.2, 0.25) is 0 Å². The number of hydrogen-bond acceptors (Lipinski definition) is 3. The first-order chi connectivity index (χ1) is 12.5. The predicted molar refractivity (Wildman–Crippen MR) is 105 cm³/mol. The largest absolute Gasteiger partial charge is 0.357 e. The lowest BCUT2D eigenvalue weighted by Gasteiger charge is -2.16. The Kier molecular flexibility index (Phi) is 7.38. The van der Waals surface area contributed by atoms with Crippen LogP contribution < -0.4 is 26.8 Å². The number of urea groups is 1. The van der Waals surface area contributed by atoms with Gasteiger partial charge in [0, 0.05) is 12.2 Å². The van der Waals surface area contributed by atoms with E-state index in [1.165, 1.54) is 0 Å². The minimum atomic E-state index is -0.747. The van der Waals surface area contributed by atoms with Gasteiger partial charge in [-0.1, -0.05) is 48.5 Å². The van der Waals surface area contributed by atoms with E-state index in [0.717, 1.165) is 5.56 Å². The molecule has 136 valence electrons. The first-order valence-corrected chi connectivity index (χ1v) is 8.45. The van der Waals surface area contributed by atoms with Gasteiger partial charge in [0.05, 0.1) is 0 Å². The number of hydrazine groups is 1. The number of hydrogen-bond donors (Lipinski definition) is 5. The van der Waals surface area contributed by atoms with Crippen molar-refractivity contribution in [1.29, 1.82) is 0 Å². The number of carbonyl (C=O) groups excluding carboxylic acids is 2. The summed E-state index contributed by atoms with van der Waals surface area (Å²) in [6, 6.07) is 17.5. The molecule has 0 heterocycles. The van der Waals surface area contributed by atoms with Crippen LogP contribution in [0.4, 0.5) is 10.5 Å². The first kappa shape index (κ1) is 19.2. The molecule has 0 saturated heterocycles. The normalized spacial score (nSPS) is 11.0. The van der Waals surface area contributed by atoms with Crippen molar-refractivity contribution in [2.24, 2.45) is 0 Å². The summed E-state index contributed by atoms with van der Waals surface area (Å²) in [5.74, 6) is -0.419. The van der Waals surface area contributed by atoms with Crippen molar-refractivity contribution in [3.05, 3.63) is 66.2 Å². The zero-order valence-corrected chi connectivity index (χ0v) is 15.1. The molecular formula is C18H21N5O2S. The fraction of sp³-hybridized carbons (Fsp3) is 0.167. The number of amides is 3. The maximum Gasteiger partial charge on any atom is 0.319 e. The molecule has 0 aliphatic carbocycles. The van der Waals surface area contributed by atoms with Crippen molar-refractivity contribution in [2.45, 2.75) is 19.5 Å². The van der Waals surface area contributed by atoms with Gasteiger partial charge in [-0.2, -0.15) is 0 Å². The van der Waals surface area contributed by atoms with E-state index in [0.29, 0.717) is 12.2 Å². The summed E-state index contributed by atoms with van der Waals surface area (Å²) in [5.41, 5.74) is 6.76. The number of para-hydroxylation sites is 1. The van der Waals surface area contributed by atoms with Gasteiger partial charge in [0.1, 0.15) is 6.04 Å². The van der Waals surface area contributed by atoms with Crippen LogP contribution in [0, 0.1) is 0 Å². The van der Waals surface area contributed by atoms with Crippen molar-refractivity contribution >= 4 is 35.0 Å². The quantitative estimate of drug-likeness (QED) is 0.409. The number of thiocarbonyl (C=S) groups is 1. The number of anilines is 1. The second-order valence-corrected chi connectivity index (χ2v) is 5.88. The molecule has 7 nitrogen and oxygen atoms in total. The summed E-state index contributed by atoms with van der Waals surface area (Å²) in [6.45, 7) is 2.11. The smallest absolute Gasteiger partial charge is 0.319 e. The fourth-order valence-electron chi connectivity index (χ4n) is 2.00. The molecule has 26 heavy (non-hydrogen) atoms. The monoisotopic (exact) mass is 371 g/mol. The van der Waals surface area contributed by atoms with Crippen molar-refractivity contribution < 1.29 is 9.59 Å². The van der Waals surface area contributed by atoms with Crippen LogP contribution in [0.25, 0.3) is 0 Å². The molecule has 0 bridgehead atoms. The second kappa shape index (κ2) is 10.00. The third-order valence-electron chi connectivity index (χ3n) is 3.37. The van der Waals surface area contributed by atoms with Gasteiger partial charge in [-0.3, -0.25) is 15.6 Å². The van der Waals surface area contributed by atoms with Crippen molar-refractivity contribution in [3.63, 3.8) is 0 Å². The van der Waals surface area contributed by atoms with E-state index in [2.05, 4.69) is 26.8 Å². The number of rotatable bonds is 5. The minimum Gasteiger partial charge on any atom is -0.357 e. The Bertz CT molecular complexity index is 740. The van der Waals surface area contributed by atoms with E-state index in [1.807, 2.05) is 36.4 Å². The second-order valence-electron chi connectivity index (χ2n) is 5.47. The Hall–Kier alpha value is -3.13. The minimum absolute atomic E-state index is 0.281. The molecule has 1 unspecified atom stereocenters. The Labute approximate surface area is 157 Å². The van der Waals surface area contributed by atoms with E-state index in [-0.39, 0.29) is 5.11 Å². The summed E-state index contributed by atoms with van der Waals surface area (Å²) < 4.78 is 0. The van der Waals surface area contributed by atoms with Crippen molar-refractivity contribution in [2.75, 3.05) is 5.32 Å². The standard InChI is InChI=1S/C18H21N5O2S/c1-13(20-17(25)21-15-10-6-3-7-11-15)16(24)22-23-18(26)19-12-14-8-4-2-5-9-14/h2-11,13H,12H2,1H3,(H,22,24)(H2,19,23,26)(H2,20,21,25). The summed E-state index contributed by atoms with van der Waals surface area (Å²) in [6.07, 6.45) is 0. The SMILES string of the molecule is CC(NC(=O)Nc1ccccc1)C(=O)NNC(=S)NCc1ccccc1. The summed E-state index contributed by atoms with van der Waals surface area (Å²) in [4.78, 5) is 23.9. The average molecular weight is 371 g/mol. The van der Waals surface area contributed by atoms with E-state index < -0.39 is 18.0 Å². The Morgan fingerprint density at radius 2 is 1.58 bits per heavy atom. The maximum atomic E-state index is 12.0. The van der Waals surface area contributed by atoms with Gasteiger partial charge in [0.15, 0.2) is 5.11 Å². The number of carbonyl (C=O) groups is 2. The predicted octanol–water partition coefficient (Wildman–Crippen LogP) is 1.89. The Morgan fingerprint density at radius 1 is 0.962 bits per heavy atom. The third kappa shape index (κ3) is 6.78. The van der Waals surface area contributed by atoms with Crippen LogP contribution >= 0.6 is 12.2 Å². The van der Waals surface area contributed by atoms with Gasteiger partial charge in [-0.25, -0.2) is 4.79 Å². The fourth-order valence-corrected chi connectivity index (χ4v) is 2.12. The average Bonchev–Trinajstić information content (AvgIpc) is 2.65. The first-order valence-electron chi connectivity index (χ1n) is 8.05. The van der Waals surface area contributed by atoms with Crippen molar-refractivity contribution in [1.82, 2.24) is 21.5 Å². The molecule has 0 fully saturated rings. The van der Waals surface area contributed by atoms with Crippen LogP contribution in [0.1, 0.15) is 12.5 Å². The summed E-state index contributed by atoms with van der Waals surface area (Å²) >= 11 is 5.10. The van der Waals surface area contributed by atoms with Crippen molar-refractivity contribution in [3.8, 4) is 0 Å². The lowest BCUT2D eigenvalue weighted by molar-refractivity contribution is -0.123. The highest BCUT2D eigenvalue weighted by Crippen LogP contribution is 2.04. The van der Waals surface area contributed by atoms with Gasteiger partial charge in [-0.15, -0.1) is 0 Å². The van der Waals surface area contributed by atoms with E-state index in [4.69, 9.17) is 12.2 Å². The highest BCUT2D eigenvalue weighted by atomic mass is 32.1. The van der Waals surface area contributed by atoms with Crippen LogP contribution in [0.3, 0.4) is 0 Å². The third-order valence-corrected chi connectivity index (χ3v) is 3.61. The number of benzene rings is 2. The molecule has 3 amide bonds. The van der Waals surface area contributed by atoms with E-state index in [9.17, 15) is 9.59 Å². The molecule has 0 aromatic heterocycles. The molecule has 0 aliphatic heterocycles. The van der Waals surface area contributed by atoms with Crippen LogP contribution in [-0.2, 0) is 11.3 Å². The molecule has 0 aliphatic rings. The highest BCUT2D eigenvalue weighted by Gasteiger charge is 2.15. The Morgan fingerprint density at radius 3 is 2.23 bits per heavy atom. The molecule has 0 spiro atoms. The Balaban J connectivity index is 1.67. The molecule has 8 heteroatoms. The highest BCUT2D eigenvalue weighted by molar-refractivity contribution is 7.80. The number of nitrogens with one attached hydrogen (secondary N) is 5. The molecular weight excluding hydrogens is 350 g/mol. The molecule has 2 aromatic carbocycles. The van der Waals surface area contributed by atoms with Gasteiger partial charge in [0.25, 0.3) is 5.91 Å². The summed E-state index contributed by atoms with van der Waals surface area (Å²) in [7, 11) is 0. The molecule has 2 aromatic rings. The topological polar surface area (TPSA) is 94.3 Å². The lowest BCUT2D eigenvalue weighted by atomic mass is 10.2. The van der Waals surface area contributed by atoms with Crippen LogP contribution in [0.15, 0.2) is 60.7 Å². The molecule has 1 atom stereocenters. The lowest BCUT2D eigenvalue weighted by Crippen LogP contribution is -2.53. The van der Waals surface area contributed by atoms with Gasteiger partial charge >= 0.3 is 6.03 Å². The van der Waals surface area contributed by atoms with Crippen LogP contribution in [-0.4, -0.2) is 23.1 Å². The zero-order chi connectivity index (χ0) is 18.8. The molecule has 5 N–H and O–H groups in total. The molecule has 0 radical (unpaired) electrons. The van der Waals surface area contributed by atoms with Gasteiger partial charge in [-0.05, 0) is 36.8 Å². The van der Waals surface area contributed by atoms with Gasteiger partial charge < -0.3 is 16.0 Å². The zero-order valence-electron chi connectivity index (χ0n) is 14.3. The summed E-state index contributed by atoms with van der Waals surface area (Å²) in [5, 5.41) is 8.44. The van der Waals surface area contributed by atoms with E-state index in [1.54, 1.807) is 31.2 Å². The molecule has 2 rings (SSSR count). The van der Waals surface area contributed by atoms with E-state index >= 15 is 0 Å².